The third-order valence-electron chi connectivity index (χ3n) is 12.5. The molecule has 6 saturated carbocycles. The summed E-state index contributed by atoms with van der Waals surface area (Å²) in [6.07, 6.45) is 11.8. The first-order chi connectivity index (χ1) is 19.7. The Morgan fingerprint density at radius 3 is 2.27 bits per heavy atom. The molecule has 41 heavy (non-hydrogen) atoms. The number of para-hydroxylation sites is 1. The number of nitrogens with zero attached hydrogens (tertiary/aromatic N) is 1. The second kappa shape index (κ2) is 9.27. The van der Waals surface area contributed by atoms with Gasteiger partial charge in [-0.05, 0) is 129 Å². The highest BCUT2D eigenvalue weighted by Crippen LogP contribution is 2.67. The zero-order valence-electron chi connectivity index (χ0n) is 25.1. The summed E-state index contributed by atoms with van der Waals surface area (Å²) in [6, 6.07) is 8.83. The van der Waals surface area contributed by atoms with E-state index in [9.17, 15) is 9.59 Å². The van der Waals surface area contributed by atoms with Gasteiger partial charge in [0, 0.05) is 34.6 Å². The predicted octanol–water partition coefficient (Wildman–Crippen LogP) is 6.95. The number of thioether (sulfide) groups is 1. The minimum atomic E-state index is -0.669. The zero-order valence-corrected chi connectivity index (χ0v) is 26.0. The quantitative estimate of drug-likeness (QED) is 0.377. The van der Waals surface area contributed by atoms with E-state index in [1.165, 1.54) is 41.4 Å². The van der Waals surface area contributed by atoms with Crippen LogP contribution in [0.5, 0.6) is 0 Å². The van der Waals surface area contributed by atoms with Crippen molar-refractivity contribution < 1.29 is 9.59 Å². The SMILES string of the molecule is Cc1[nH]c2ccccc2c1[C@@H]1[C@@H](CC(=O)N(C2CC2)C2(C(=O)NC34CC5CC(CC(C5)C3)C4)CCSCC2)C1(C)C. The van der Waals surface area contributed by atoms with Gasteiger partial charge < -0.3 is 15.2 Å². The molecule has 4 bridgehead atoms. The molecule has 6 aliphatic carbocycles. The van der Waals surface area contributed by atoms with E-state index in [2.05, 4.69) is 60.2 Å². The normalized spacial score (nSPS) is 36.3. The highest BCUT2D eigenvalue weighted by molar-refractivity contribution is 7.99. The van der Waals surface area contributed by atoms with E-state index in [0.29, 0.717) is 18.3 Å². The van der Waals surface area contributed by atoms with Crippen molar-refractivity contribution in [2.45, 2.75) is 114 Å². The summed E-state index contributed by atoms with van der Waals surface area (Å²) in [5.41, 5.74) is 3.19. The fourth-order valence-electron chi connectivity index (χ4n) is 10.7. The second-order valence-corrected chi connectivity index (χ2v) is 16.8. The largest absolute Gasteiger partial charge is 0.358 e. The highest BCUT2D eigenvalue weighted by Gasteiger charge is 2.62. The van der Waals surface area contributed by atoms with Crippen molar-refractivity contribution >= 4 is 34.5 Å². The lowest BCUT2D eigenvalue weighted by Gasteiger charge is -2.58. The molecule has 2 heterocycles. The molecule has 2 amide bonds. The van der Waals surface area contributed by atoms with Gasteiger partial charge >= 0.3 is 0 Å². The molecule has 2 atom stereocenters. The van der Waals surface area contributed by atoms with Gasteiger partial charge in [0.15, 0.2) is 0 Å². The summed E-state index contributed by atoms with van der Waals surface area (Å²) in [4.78, 5) is 34.9. The Labute approximate surface area is 249 Å². The minimum Gasteiger partial charge on any atom is -0.358 e. The molecular weight excluding hydrogens is 526 g/mol. The lowest BCUT2D eigenvalue weighted by Crippen LogP contribution is -2.68. The molecule has 2 aromatic rings. The average Bonchev–Trinajstić information content (AvgIpc) is 3.80. The lowest BCUT2D eigenvalue weighted by molar-refractivity contribution is -0.153. The van der Waals surface area contributed by atoms with Crippen LogP contribution in [0.4, 0.5) is 0 Å². The smallest absolute Gasteiger partial charge is 0.246 e. The standard InChI is InChI=1S/C35H47N3O2S/c1-21-30(26-6-4-5-7-28(26)36-21)31-27(33(31,2)3)17-29(39)38(25-8-9-25)35(10-12-41-13-11-35)32(40)37-34-18-22-14-23(19-34)16-24(15-22)20-34/h4-7,22-25,27,31,36H,8-20H2,1-3H3,(H,37,40)/t22?,23?,24?,27-,31+,34?/m1/s1. The molecule has 220 valence electrons. The van der Waals surface area contributed by atoms with Crippen molar-refractivity contribution in [3.05, 3.63) is 35.5 Å². The van der Waals surface area contributed by atoms with Gasteiger partial charge in [0.1, 0.15) is 5.54 Å². The van der Waals surface area contributed by atoms with E-state index in [0.717, 1.165) is 74.2 Å². The molecule has 1 aliphatic heterocycles. The summed E-state index contributed by atoms with van der Waals surface area (Å²) < 4.78 is 0. The molecule has 0 unspecified atom stereocenters. The van der Waals surface area contributed by atoms with E-state index in [1.54, 1.807) is 0 Å². The maximum atomic E-state index is 14.6. The Hall–Kier alpha value is -1.95. The van der Waals surface area contributed by atoms with Crippen molar-refractivity contribution in [3.63, 3.8) is 0 Å². The van der Waals surface area contributed by atoms with Gasteiger partial charge in [-0.1, -0.05) is 32.0 Å². The Balaban J connectivity index is 1.07. The van der Waals surface area contributed by atoms with E-state index >= 15 is 0 Å². The molecule has 6 heteroatoms. The first-order valence-corrected chi connectivity index (χ1v) is 17.6. The van der Waals surface area contributed by atoms with Crippen LogP contribution in [0.3, 0.4) is 0 Å². The molecule has 5 nitrogen and oxygen atoms in total. The van der Waals surface area contributed by atoms with Crippen LogP contribution in [0.1, 0.15) is 102 Å². The summed E-state index contributed by atoms with van der Waals surface area (Å²) in [6.45, 7) is 6.86. The fourth-order valence-corrected chi connectivity index (χ4v) is 11.9. The fraction of sp³-hybridized carbons (Fsp3) is 0.714. The number of hydrogen-bond acceptors (Lipinski definition) is 3. The van der Waals surface area contributed by atoms with Crippen molar-refractivity contribution in [1.82, 2.24) is 15.2 Å². The zero-order chi connectivity index (χ0) is 28.1. The third kappa shape index (κ3) is 4.24. The number of carbonyl (C=O) groups is 2. The Kier molecular flexibility index (Phi) is 6.03. The van der Waals surface area contributed by atoms with Crippen LogP contribution in [0.2, 0.25) is 0 Å². The number of fused-ring (bicyclic) bond motifs is 1. The van der Waals surface area contributed by atoms with E-state index in [4.69, 9.17) is 0 Å². The molecule has 7 aliphatic rings. The molecule has 2 N–H and O–H groups in total. The first-order valence-electron chi connectivity index (χ1n) is 16.5. The summed E-state index contributed by atoms with van der Waals surface area (Å²) in [7, 11) is 0. The van der Waals surface area contributed by atoms with E-state index in [1.807, 2.05) is 11.8 Å². The van der Waals surface area contributed by atoms with Crippen LogP contribution in [0, 0.1) is 36.0 Å². The topological polar surface area (TPSA) is 65.2 Å². The maximum Gasteiger partial charge on any atom is 0.246 e. The molecule has 1 saturated heterocycles. The molecule has 9 rings (SSSR count). The van der Waals surface area contributed by atoms with Crippen LogP contribution in [-0.2, 0) is 9.59 Å². The Morgan fingerprint density at radius 2 is 1.63 bits per heavy atom. The van der Waals surface area contributed by atoms with Crippen molar-refractivity contribution in [3.8, 4) is 0 Å². The Bertz CT molecular complexity index is 1350. The number of aryl methyl sites for hydroxylation is 1. The number of nitrogens with one attached hydrogen (secondary N) is 2. The van der Waals surface area contributed by atoms with Crippen molar-refractivity contribution in [2.24, 2.45) is 29.1 Å². The summed E-state index contributed by atoms with van der Waals surface area (Å²) in [5, 5.41) is 5.05. The van der Waals surface area contributed by atoms with E-state index < -0.39 is 5.54 Å². The third-order valence-corrected chi connectivity index (χ3v) is 13.5. The molecule has 1 aromatic carbocycles. The van der Waals surface area contributed by atoms with Crippen molar-refractivity contribution in [1.29, 1.82) is 0 Å². The van der Waals surface area contributed by atoms with Crippen LogP contribution >= 0.6 is 11.8 Å². The van der Waals surface area contributed by atoms with Gasteiger partial charge in [0.25, 0.3) is 0 Å². The predicted molar refractivity (Wildman–Crippen MR) is 166 cm³/mol. The lowest BCUT2D eigenvalue weighted by atomic mass is 9.53. The van der Waals surface area contributed by atoms with E-state index in [-0.39, 0.29) is 28.8 Å². The summed E-state index contributed by atoms with van der Waals surface area (Å²) >= 11 is 1.95. The molecule has 0 spiro atoms. The first kappa shape index (κ1) is 26.7. The number of aromatic amines is 1. The highest BCUT2D eigenvalue weighted by atomic mass is 32.2. The van der Waals surface area contributed by atoms with Crippen LogP contribution in [0.25, 0.3) is 10.9 Å². The van der Waals surface area contributed by atoms with Crippen LogP contribution in [-0.4, -0.2) is 50.3 Å². The second-order valence-electron chi connectivity index (χ2n) is 15.6. The molecule has 0 radical (unpaired) electrons. The molecular formula is C35H47N3O2S. The number of aromatic nitrogens is 1. The minimum absolute atomic E-state index is 0.0157. The number of rotatable bonds is 7. The van der Waals surface area contributed by atoms with Gasteiger partial charge in [-0.3, -0.25) is 9.59 Å². The number of amides is 2. The van der Waals surface area contributed by atoms with Crippen LogP contribution < -0.4 is 5.32 Å². The van der Waals surface area contributed by atoms with Gasteiger partial charge in [-0.2, -0.15) is 11.8 Å². The van der Waals surface area contributed by atoms with Crippen molar-refractivity contribution in [2.75, 3.05) is 11.5 Å². The number of carbonyl (C=O) groups excluding carboxylic acids is 2. The molecule has 7 fully saturated rings. The summed E-state index contributed by atoms with van der Waals surface area (Å²) in [5.74, 6) is 5.41. The maximum absolute atomic E-state index is 14.6. The average molecular weight is 574 g/mol. The van der Waals surface area contributed by atoms with Gasteiger partial charge in [0.2, 0.25) is 11.8 Å². The van der Waals surface area contributed by atoms with Crippen LogP contribution in [0.15, 0.2) is 24.3 Å². The number of H-pyrrole nitrogens is 1. The number of benzene rings is 1. The van der Waals surface area contributed by atoms with Gasteiger partial charge in [-0.15, -0.1) is 0 Å². The van der Waals surface area contributed by atoms with Gasteiger partial charge in [-0.25, -0.2) is 0 Å². The number of hydrogen-bond donors (Lipinski definition) is 2. The molecule has 1 aromatic heterocycles. The monoisotopic (exact) mass is 573 g/mol. The van der Waals surface area contributed by atoms with Gasteiger partial charge in [0.05, 0.1) is 0 Å². The Morgan fingerprint density at radius 1 is 1.00 bits per heavy atom.